The van der Waals surface area contributed by atoms with Gasteiger partial charge in [0.2, 0.25) is 5.03 Å². The highest BCUT2D eigenvalue weighted by Crippen LogP contribution is 2.35. The van der Waals surface area contributed by atoms with E-state index in [1.165, 1.54) is 16.8 Å². The quantitative estimate of drug-likeness (QED) is 0.398. The van der Waals surface area contributed by atoms with Gasteiger partial charge in [0.1, 0.15) is 7.05 Å². The van der Waals surface area contributed by atoms with E-state index in [0.29, 0.717) is 16.7 Å². The number of nitrogens with zero attached hydrogens (tertiary/aromatic N) is 3. The van der Waals surface area contributed by atoms with E-state index < -0.39 is 11.7 Å². The predicted octanol–water partition coefficient (Wildman–Crippen LogP) is 4.27. The predicted molar refractivity (Wildman–Crippen MR) is 100 cm³/mol. The molecule has 0 unspecified atom stereocenters. The van der Waals surface area contributed by atoms with E-state index in [4.69, 9.17) is 0 Å². The SMILES string of the molecule is CSc1c2ccccc2c2nn(-c3ccc(C(F)(F)F)cc3)c(O)c2[n+]1C.[OH-]. The van der Waals surface area contributed by atoms with Crippen LogP contribution < -0.4 is 4.57 Å². The molecule has 146 valence electrons. The molecule has 0 amide bonds. The van der Waals surface area contributed by atoms with Gasteiger partial charge in [0, 0.05) is 5.39 Å². The second-order valence-electron chi connectivity index (χ2n) is 6.09. The Morgan fingerprint density at radius 3 is 2.21 bits per heavy atom. The zero-order valence-electron chi connectivity index (χ0n) is 14.9. The highest BCUT2D eigenvalue weighted by atomic mass is 32.2. The molecular formula is C19H16F3N3O2S. The Morgan fingerprint density at radius 1 is 1.04 bits per heavy atom. The molecule has 9 heteroatoms. The van der Waals surface area contributed by atoms with Crippen LogP contribution in [0.25, 0.3) is 27.5 Å². The number of thioether (sulfide) groups is 1. The van der Waals surface area contributed by atoms with Gasteiger partial charge in [0.15, 0.2) is 5.52 Å². The van der Waals surface area contributed by atoms with Crippen molar-refractivity contribution in [3.63, 3.8) is 0 Å². The van der Waals surface area contributed by atoms with Crippen LogP contribution in [-0.2, 0) is 13.2 Å². The van der Waals surface area contributed by atoms with Gasteiger partial charge in [-0.15, -0.1) is 0 Å². The Balaban J connectivity index is 0.00000225. The number of halogens is 3. The minimum Gasteiger partial charge on any atom is -0.870 e. The Labute approximate surface area is 162 Å². The van der Waals surface area contributed by atoms with Crippen LogP contribution in [-0.4, -0.2) is 26.6 Å². The summed E-state index contributed by atoms with van der Waals surface area (Å²) >= 11 is 1.55. The summed E-state index contributed by atoms with van der Waals surface area (Å²) in [4.78, 5) is 0. The number of aryl methyl sites for hydroxylation is 1. The van der Waals surface area contributed by atoms with Crippen molar-refractivity contribution < 1.29 is 28.3 Å². The molecule has 4 aromatic rings. The molecule has 0 saturated heterocycles. The fourth-order valence-corrected chi connectivity index (χ4v) is 4.03. The molecule has 0 aliphatic rings. The average molecular weight is 407 g/mol. The lowest BCUT2D eigenvalue weighted by molar-refractivity contribution is -0.681. The first-order chi connectivity index (χ1) is 12.8. The maximum atomic E-state index is 12.8. The van der Waals surface area contributed by atoms with Gasteiger partial charge >= 0.3 is 6.18 Å². The van der Waals surface area contributed by atoms with Gasteiger partial charge in [-0.05, 0) is 36.6 Å². The number of rotatable bonds is 2. The topological polar surface area (TPSA) is 71.9 Å². The highest BCUT2D eigenvalue weighted by Gasteiger charge is 2.31. The van der Waals surface area contributed by atoms with E-state index in [-0.39, 0.29) is 11.4 Å². The number of aromatic hydroxyl groups is 1. The molecule has 0 aliphatic carbocycles. The maximum Gasteiger partial charge on any atom is 0.416 e. The molecular weight excluding hydrogens is 391 g/mol. The van der Waals surface area contributed by atoms with Crippen LogP contribution in [0, 0.1) is 0 Å². The van der Waals surface area contributed by atoms with Crippen LogP contribution >= 0.6 is 11.8 Å². The van der Waals surface area contributed by atoms with Crippen LogP contribution in [0.3, 0.4) is 0 Å². The summed E-state index contributed by atoms with van der Waals surface area (Å²) in [7, 11) is 1.83. The van der Waals surface area contributed by atoms with Crippen LogP contribution in [0.2, 0.25) is 0 Å². The van der Waals surface area contributed by atoms with Gasteiger partial charge in [0.25, 0.3) is 11.4 Å². The Kier molecular flexibility index (Phi) is 4.99. The fourth-order valence-electron chi connectivity index (χ4n) is 3.27. The fraction of sp³-hybridized carbons (Fsp3) is 0.158. The van der Waals surface area contributed by atoms with Crippen molar-refractivity contribution in [2.24, 2.45) is 7.05 Å². The summed E-state index contributed by atoms with van der Waals surface area (Å²) in [6.45, 7) is 0. The van der Waals surface area contributed by atoms with Gasteiger partial charge in [-0.1, -0.05) is 30.0 Å². The Bertz CT molecular complexity index is 1170. The number of pyridine rings is 1. The molecule has 0 fully saturated rings. The molecule has 2 N–H and O–H groups in total. The first-order valence-corrected chi connectivity index (χ1v) is 9.29. The maximum absolute atomic E-state index is 12.8. The van der Waals surface area contributed by atoms with Crippen molar-refractivity contribution in [1.29, 1.82) is 0 Å². The number of benzene rings is 2. The van der Waals surface area contributed by atoms with Crippen molar-refractivity contribution in [3.05, 3.63) is 54.1 Å². The summed E-state index contributed by atoms with van der Waals surface area (Å²) in [5, 5.41) is 18.1. The average Bonchev–Trinajstić information content (AvgIpc) is 2.99. The smallest absolute Gasteiger partial charge is 0.416 e. The van der Waals surface area contributed by atoms with E-state index in [2.05, 4.69) is 5.10 Å². The lowest BCUT2D eigenvalue weighted by atomic mass is 10.1. The minimum atomic E-state index is -4.41. The molecule has 2 heterocycles. The molecule has 0 radical (unpaired) electrons. The second kappa shape index (κ2) is 6.99. The normalized spacial score (nSPS) is 11.8. The summed E-state index contributed by atoms with van der Waals surface area (Å²) < 4.78 is 41.5. The molecule has 2 aromatic carbocycles. The summed E-state index contributed by atoms with van der Waals surface area (Å²) in [6.07, 6.45) is -2.46. The summed E-state index contributed by atoms with van der Waals surface area (Å²) in [6, 6.07) is 12.3. The third-order valence-electron chi connectivity index (χ3n) is 4.52. The zero-order valence-corrected chi connectivity index (χ0v) is 15.7. The Morgan fingerprint density at radius 2 is 1.64 bits per heavy atom. The number of hydrogen-bond acceptors (Lipinski definition) is 4. The van der Waals surface area contributed by atoms with Crippen molar-refractivity contribution >= 4 is 33.6 Å². The lowest BCUT2D eigenvalue weighted by Gasteiger charge is -2.07. The highest BCUT2D eigenvalue weighted by molar-refractivity contribution is 7.98. The van der Waals surface area contributed by atoms with E-state index >= 15 is 0 Å². The van der Waals surface area contributed by atoms with Gasteiger partial charge in [-0.2, -0.15) is 27.5 Å². The van der Waals surface area contributed by atoms with Gasteiger partial charge < -0.3 is 10.6 Å². The molecule has 28 heavy (non-hydrogen) atoms. The van der Waals surface area contributed by atoms with Crippen LogP contribution in [0.1, 0.15) is 5.56 Å². The van der Waals surface area contributed by atoms with E-state index in [1.54, 1.807) is 11.8 Å². The molecule has 0 atom stereocenters. The minimum absolute atomic E-state index is 0. The number of alkyl halides is 3. The molecule has 5 nitrogen and oxygen atoms in total. The van der Waals surface area contributed by atoms with Crippen LogP contribution in [0.15, 0.2) is 53.6 Å². The number of aromatic nitrogens is 3. The van der Waals surface area contributed by atoms with Gasteiger partial charge in [-0.25, -0.2) is 0 Å². The first-order valence-electron chi connectivity index (χ1n) is 8.07. The molecule has 4 rings (SSSR count). The van der Waals surface area contributed by atoms with Crippen molar-refractivity contribution in [1.82, 2.24) is 9.78 Å². The molecule has 0 spiro atoms. The van der Waals surface area contributed by atoms with E-state index in [1.807, 2.05) is 42.1 Å². The zero-order chi connectivity index (χ0) is 19.3. The van der Waals surface area contributed by atoms with Crippen LogP contribution in [0.4, 0.5) is 13.2 Å². The first kappa shape index (κ1) is 20.0. The number of hydrogen-bond donors (Lipinski definition) is 1. The molecule has 0 aliphatic heterocycles. The summed E-state index contributed by atoms with van der Waals surface area (Å²) in [5.41, 5.74) is 0.718. The van der Waals surface area contributed by atoms with Crippen molar-refractivity contribution in [2.75, 3.05) is 6.26 Å². The lowest BCUT2D eigenvalue weighted by Crippen LogP contribution is -2.31. The third kappa shape index (κ3) is 2.96. The largest absolute Gasteiger partial charge is 0.870 e. The number of fused-ring (bicyclic) bond motifs is 3. The molecule has 0 saturated carbocycles. The van der Waals surface area contributed by atoms with E-state index in [0.717, 1.165) is 27.9 Å². The van der Waals surface area contributed by atoms with E-state index in [9.17, 15) is 18.3 Å². The molecule has 2 aromatic heterocycles. The second-order valence-corrected chi connectivity index (χ2v) is 6.89. The van der Waals surface area contributed by atoms with Crippen molar-refractivity contribution in [3.8, 4) is 11.6 Å². The van der Waals surface area contributed by atoms with Crippen LogP contribution in [0.5, 0.6) is 5.88 Å². The van der Waals surface area contributed by atoms with Gasteiger partial charge in [0.05, 0.1) is 16.6 Å². The third-order valence-corrected chi connectivity index (χ3v) is 5.40. The standard InChI is InChI=1S/C19H14F3N3OS.H2O/c1-24-16-15(13-5-3-4-6-14(13)18(24)27-2)23-25(17(16)26)12-9-7-11(8-10-12)19(20,21)22;/h3-10H,1-2H3;1H2. The summed E-state index contributed by atoms with van der Waals surface area (Å²) in [5.74, 6) is -0.117. The van der Waals surface area contributed by atoms with Gasteiger partial charge in [-0.3, -0.25) is 0 Å². The van der Waals surface area contributed by atoms with Crippen molar-refractivity contribution in [2.45, 2.75) is 11.2 Å². The monoisotopic (exact) mass is 407 g/mol. The molecule has 0 bridgehead atoms. The Hall–Kier alpha value is -2.78.